The van der Waals surface area contributed by atoms with E-state index in [1.807, 2.05) is 12.2 Å². The number of ether oxygens (including phenoxy) is 6. The molecule has 0 aromatic rings. The summed E-state index contributed by atoms with van der Waals surface area (Å²) < 4.78 is 33.7. The van der Waals surface area contributed by atoms with Gasteiger partial charge in [0.15, 0.2) is 12.6 Å². The molecule has 11 unspecified atom stereocenters. The monoisotopic (exact) mass is 784 g/mol. The Balaban J connectivity index is 1.88. The summed E-state index contributed by atoms with van der Waals surface area (Å²) >= 11 is 0. The average Bonchev–Trinajstić information content (AvgIpc) is 3.18. The van der Waals surface area contributed by atoms with Crippen LogP contribution in [0.2, 0.25) is 0 Å². The maximum Gasteiger partial charge on any atom is 0.310 e. The molecule has 0 aromatic heterocycles. The number of esters is 1. The van der Waals surface area contributed by atoms with Crippen molar-refractivity contribution in [2.24, 2.45) is 0 Å². The molecular formula is C41H68O14. The fraction of sp³-hybridized carbons (Fsp3) is 0.732. The molecule has 0 aliphatic carbocycles. The molecule has 2 fully saturated rings. The van der Waals surface area contributed by atoms with Crippen LogP contribution in [0.5, 0.6) is 0 Å². The minimum Gasteiger partial charge on any atom is -0.457 e. The predicted molar refractivity (Wildman–Crippen MR) is 206 cm³/mol. The molecule has 2 rings (SSSR count). The van der Waals surface area contributed by atoms with Gasteiger partial charge in [0.1, 0.15) is 54.9 Å². The van der Waals surface area contributed by atoms with E-state index in [-0.39, 0.29) is 19.6 Å². The summed E-state index contributed by atoms with van der Waals surface area (Å²) in [6.45, 7) is 3.33. The first-order valence-electron chi connectivity index (χ1n) is 19.9. The Labute approximate surface area is 326 Å². The second-order valence-corrected chi connectivity index (χ2v) is 13.7. The molecule has 2 aliphatic rings. The van der Waals surface area contributed by atoms with Gasteiger partial charge in [-0.25, -0.2) is 0 Å². The highest BCUT2D eigenvalue weighted by Gasteiger charge is 2.47. The third-order valence-electron chi connectivity index (χ3n) is 9.07. The Bertz CT molecular complexity index is 1140. The van der Waals surface area contributed by atoms with E-state index in [9.17, 15) is 40.5 Å². The second-order valence-electron chi connectivity index (χ2n) is 13.7. The van der Waals surface area contributed by atoms with Gasteiger partial charge in [-0.3, -0.25) is 4.79 Å². The van der Waals surface area contributed by atoms with E-state index >= 15 is 0 Å². The van der Waals surface area contributed by atoms with Crippen molar-refractivity contribution in [3.63, 3.8) is 0 Å². The summed E-state index contributed by atoms with van der Waals surface area (Å²) in [4.78, 5) is 12.8. The SMILES string of the molecule is CC/C=C\C/C=C\C/C=C\C/C=C\C/C=C\CC(=O)OC(COCCCCCCCC)COC1OC(COC2OC(CO)C(O)C(O)C2O)C(O)C(O)C1O. The summed E-state index contributed by atoms with van der Waals surface area (Å²) in [6, 6.07) is 0. The Morgan fingerprint density at radius 3 is 1.69 bits per heavy atom. The van der Waals surface area contributed by atoms with Crippen LogP contribution in [0.3, 0.4) is 0 Å². The van der Waals surface area contributed by atoms with Gasteiger partial charge in [-0.05, 0) is 38.5 Å². The number of hydrogen-bond acceptors (Lipinski definition) is 14. The summed E-state index contributed by atoms with van der Waals surface area (Å²) in [5, 5.41) is 71.5. The van der Waals surface area contributed by atoms with Crippen molar-refractivity contribution in [2.45, 2.75) is 158 Å². The van der Waals surface area contributed by atoms with Crippen molar-refractivity contribution in [1.82, 2.24) is 0 Å². The Morgan fingerprint density at radius 2 is 1.11 bits per heavy atom. The summed E-state index contributed by atoms with van der Waals surface area (Å²) in [5.74, 6) is -0.510. The highest BCUT2D eigenvalue weighted by atomic mass is 16.7. The van der Waals surface area contributed by atoms with Gasteiger partial charge in [0, 0.05) is 6.61 Å². The number of carbonyl (C=O) groups excluding carboxylic acids is 1. The topological polar surface area (TPSA) is 214 Å². The molecule has 2 aliphatic heterocycles. The van der Waals surface area contributed by atoms with E-state index in [1.165, 1.54) is 12.8 Å². The van der Waals surface area contributed by atoms with E-state index < -0.39 is 86.7 Å². The molecule has 55 heavy (non-hydrogen) atoms. The number of aliphatic hydroxyl groups excluding tert-OH is 7. The molecule has 2 heterocycles. The molecule has 0 spiro atoms. The lowest BCUT2D eigenvalue weighted by Crippen LogP contribution is -2.61. The van der Waals surface area contributed by atoms with Crippen molar-refractivity contribution < 1.29 is 69.0 Å². The lowest BCUT2D eigenvalue weighted by molar-refractivity contribution is -0.332. The van der Waals surface area contributed by atoms with E-state index in [4.69, 9.17) is 28.4 Å². The fourth-order valence-electron chi connectivity index (χ4n) is 5.77. The zero-order valence-corrected chi connectivity index (χ0v) is 32.6. The van der Waals surface area contributed by atoms with Crippen LogP contribution in [0.1, 0.15) is 90.9 Å². The quantitative estimate of drug-likeness (QED) is 0.0345. The minimum absolute atomic E-state index is 0.0179. The van der Waals surface area contributed by atoms with Gasteiger partial charge in [-0.1, -0.05) is 107 Å². The number of unbranched alkanes of at least 4 members (excludes halogenated alkanes) is 5. The summed E-state index contributed by atoms with van der Waals surface area (Å²) in [6.07, 6.45) is 15.0. The number of carbonyl (C=O) groups is 1. The molecule has 0 radical (unpaired) electrons. The van der Waals surface area contributed by atoms with Gasteiger partial charge < -0.3 is 64.2 Å². The zero-order valence-electron chi connectivity index (χ0n) is 32.6. The Hall–Kier alpha value is -2.31. The molecule has 316 valence electrons. The van der Waals surface area contributed by atoms with E-state index in [0.29, 0.717) is 13.0 Å². The maximum atomic E-state index is 12.8. The first-order valence-corrected chi connectivity index (χ1v) is 19.9. The largest absolute Gasteiger partial charge is 0.457 e. The van der Waals surface area contributed by atoms with Crippen LogP contribution in [0.15, 0.2) is 60.8 Å². The van der Waals surface area contributed by atoms with Crippen molar-refractivity contribution in [2.75, 3.05) is 33.0 Å². The molecule has 0 bridgehead atoms. The van der Waals surface area contributed by atoms with Crippen molar-refractivity contribution in [3.05, 3.63) is 60.8 Å². The second kappa shape index (κ2) is 29.9. The van der Waals surface area contributed by atoms with Crippen LogP contribution in [0.4, 0.5) is 0 Å². The third-order valence-corrected chi connectivity index (χ3v) is 9.07. The predicted octanol–water partition coefficient (Wildman–Crippen LogP) is 3.06. The van der Waals surface area contributed by atoms with Crippen LogP contribution < -0.4 is 0 Å². The first-order chi connectivity index (χ1) is 26.6. The van der Waals surface area contributed by atoms with Gasteiger partial charge in [0.2, 0.25) is 0 Å². The third kappa shape index (κ3) is 19.6. The normalized spacial score (nSPS) is 29.8. The summed E-state index contributed by atoms with van der Waals surface area (Å²) in [7, 11) is 0. The Morgan fingerprint density at radius 1 is 0.600 bits per heavy atom. The number of aliphatic hydroxyl groups is 7. The van der Waals surface area contributed by atoms with Crippen molar-refractivity contribution in [3.8, 4) is 0 Å². The van der Waals surface area contributed by atoms with Crippen molar-refractivity contribution >= 4 is 5.97 Å². The molecule has 0 aromatic carbocycles. The highest BCUT2D eigenvalue weighted by molar-refractivity contribution is 5.71. The minimum atomic E-state index is -1.72. The molecule has 7 N–H and O–H groups in total. The van der Waals surface area contributed by atoms with Crippen LogP contribution in [0, 0.1) is 0 Å². The van der Waals surface area contributed by atoms with Gasteiger partial charge in [0.05, 0.1) is 32.8 Å². The summed E-state index contributed by atoms with van der Waals surface area (Å²) in [5.41, 5.74) is 0. The average molecular weight is 785 g/mol. The van der Waals surface area contributed by atoms with Crippen LogP contribution in [-0.4, -0.2) is 142 Å². The molecular weight excluding hydrogens is 716 g/mol. The van der Waals surface area contributed by atoms with Crippen molar-refractivity contribution in [1.29, 1.82) is 0 Å². The van der Waals surface area contributed by atoms with Gasteiger partial charge in [-0.15, -0.1) is 0 Å². The fourth-order valence-corrected chi connectivity index (χ4v) is 5.77. The van der Waals surface area contributed by atoms with Gasteiger partial charge >= 0.3 is 5.97 Å². The number of allylic oxidation sites excluding steroid dienone is 9. The zero-order chi connectivity index (χ0) is 40.3. The molecule has 0 amide bonds. The van der Waals surface area contributed by atoms with Crippen LogP contribution in [0.25, 0.3) is 0 Å². The maximum absolute atomic E-state index is 12.8. The number of hydrogen-bond donors (Lipinski definition) is 7. The van der Waals surface area contributed by atoms with E-state index in [1.54, 1.807) is 6.08 Å². The van der Waals surface area contributed by atoms with Crippen LogP contribution in [-0.2, 0) is 33.2 Å². The molecule has 2 saturated heterocycles. The van der Waals surface area contributed by atoms with Crippen LogP contribution >= 0.6 is 0 Å². The molecule has 11 atom stereocenters. The smallest absolute Gasteiger partial charge is 0.310 e. The lowest BCUT2D eigenvalue weighted by atomic mass is 9.98. The standard InChI is InChI=1S/C41H68O14/c1-3-5-7-9-11-12-13-14-15-16-17-18-19-20-22-24-33(43)53-30(27-50-25-23-21-10-8-6-4-2)28-51-40-39(49)37(47)35(45)32(55-40)29-52-41-38(48)36(46)34(44)31(26-42)54-41/h5,7,11-12,14-15,17-18,20,22,30-32,34-42,44-49H,3-4,6,8-10,13,16,19,21,23-29H2,1-2H3/b7-5-,12-11-,15-14-,18-17-,22-20-. The lowest BCUT2D eigenvalue weighted by Gasteiger charge is -2.42. The van der Waals surface area contributed by atoms with Gasteiger partial charge in [-0.2, -0.15) is 0 Å². The van der Waals surface area contributed by atoms with E-state index in [0.717, 1.165) is 51.4 Å². The first kappa shape index (κ1) is 48.8. The molecule has 0 saturated carbocycles. The molecule has 14 heteroatoms. The number of rotatable bonds is 28. The van der Waals surface area contributed by atoms with Gasteiger partial charge in [0.25, 0.3) is 0 Å². The van der Waals surface area contributed by atoms with E-state index in [2.05, 4.69) is 56.4 Å². The molecule has 14 nitrogen and oxygen atoms in total. The highest BCUT2D eigenvalue weighted by Crippen LogP contribution is 2.26. The Kier molecular flexibility index (Phi) is 26.5.